The number of furan rings is 1. The minimum atomic E-state index is -0.543. The molecule has 1 amide bonds. The van der Waals surface area contributed by atoms with Gasteiger partial charge in [-0.2, -0.15) is 0 Å². The van der Waals surface area contributed by atoms with Crippen molar-refractivity contribution in [1.29, 1.82) is 0 Å². The van der Waals surface area contributed by atoms with Crippen LogP contribution in [-0.2, 0) is 4.74 Å². The van der Waals surface area contributed by atoms with E-state index < -0.39 is 11.7 Å². The number of ether oxygens (including phenoxy) is 1. The molecule has 0 aliphatic carbocycles. The van der Waals surface area contributed by atoms with Crippen molar-refractivity contribution in [3.63, 3.8) is 0 Å². The van der Waals surface area contributed by atoms with Crippen LogP contribution >= 0.6 is 0 Å². The van der Waals surface area contributed by atoms with Gasteiger partial charge in [-0.15, -0.1) is 0 Å². The van der Waals surface area contributed by atoms with Gasteiger partial charge in [0.25, 0.3) is 0 Å². The van der Waals surface area contributed by atoms with Crippen molar-refractivity contribution in [1.82, 2.24) is 10.9 Å². The molecule has 0 aliphatic heterocycles. The summed E-state index contributed by atoms with van der Waals surface area (Å²) < 4.78 is 10.6. The monoisotopic (exact) mass is 288 g/mol. The first kappa shape index (κ1) is 15.1. The highest BCUT2D eigenvalue weighted by atomic mass is 16.6. The van der Waals surface area contributed by atoms with Crippen LogP contribution in [0, 0.1) is 0 Å². The van der Waals surface area contributed by atoms with Crippen molar-refractivity contribution >= 4 is 6.09 Å². The lowest BCUT2D eigenvalue weighted by Crippen LogP contribution is -2.43. The van der Waals surface area contributed by atoms with Gasteiger partial charge in [-0.05, 0) is 38.5 Å². The van der Waals surface area contributed by atoms with Crippen LogP contribution in [0.2, 0.25) is 0 Å². The first-order valence-electron chi connectivity index (χ1n) is 6.78. The lowest BCUT2D eigenvalue weighted by atomic mass is 10.1. The fourth-order valence-corrected chi connectivity index (χ4v) is 1.85. The van der Waals surface area contributed by atoms with Crippen molar-refractivity contribution in [2.75, 3.05) is 0 Å². The van der Waals surface area contributed by atoms with Crippen LogP contribution in [-0.4, -0.2) is 11.7 Å². The van der Waals surface area contributed by atoms with Crippen LogP contribution in [0.4, 0.5) is 4.79 Å². The predicted octanol–water partition coefficient (Wildman–Crippen LogP) is 3.40. The molecule has 1 heterocycles. The van der Waals surface area contributed by atoms with E-state index in [1.165, 1.54) is 0 Å². The van der Waals surface area contributed by atoms with Crippen molar-refractivity contribution in [3.8, 4) is 0 Å². The number of amides is 1. The van der Waals surface area contributed by atoms with E-state index in [-0.39, 0.29) is 6.04 Å². The molecule has 2 aromatic rings. The van der Waals surface area contributed by atoms with E-state index >= 15 is 0 Å². The van der Waals surface area contributed by atoms with E-state index in [0.717, 1.165) is 5.56 Å². The zero-order valence-corrected chi connectivity index (χ0v) is 12.4. The zero-order chi connectivity index (χ0) is 15.3. The van der Waals surface area contributed by atoms with E-state index in [9.17, 15) is 4.79 Å². The summed E-state index contributed by atoms with van der Waals surface area (Å²) in [6, 6.07) is 13.1. The molecule has 1 aromatic heterocycles. The van der Waals surface area contributed by atoms with Gasteiger partial charge in [-0.1, -0.05) is 30.3 Å². The van der Waals surface area contributed by atoms with Gasteiger partial charge in [0.2, 0.25) is 0 Å². The molecule has 2 rings (SSSR count). The molecule has 1 atom stereocenters. The molecule has 1 aromatic carbocycles. The fraction of sp³-hybridized carbons (Fsp3) is 0.312. The Morgan fingerprint density at radius 1 is 1.14 bits per heavy atom. The second-order valence-corrected chi connectivity index (χ2v) is 5.63. The summed E-state index contributed by atoms with van der Waals surface area (Å²) in [6.07, 6.45) is 1.07. The van der Waals surface area contributed by atoms with Crippen LogP contribution in [0.3, 0.4) is 0 Å². The molecular formula is C16H20N2O3. The standard InChI is InChI=1S/C16H20N2O3/c1-16(2,3)21-15(19)18-17-14(13-10-7-11-20-13)12-8-5-4-6-9-12/h4-11,14,17H,1-3H3,(H,18,19). The molecule has 2 N–H and O–H groups in total. The van der Waals surface area contributed by atoms with Crippen LogP contribution in [0.1, 0.15) is 38.1 Å². The minimum absolute atomic E-state index is 0.284. The Balaban J connectivity index is 2.06. The summed E-state index contributed by atoms with van der Waals surface area (Å²) in [5, 5.41) is 0. The maximum Gasteiger partial charge on any atom is 0.422 e. The van der Waals surface area contributed by atoms with Crippen molar-refractivity contribution < 1.29 is 13.9 Å². The van der Waals surface area contributed by atoms with Gasteiger partial charge in [-0.3, -0.25) is 5.43 Å². The van der Waals surface area contributed by atoms with Gasteiger partial charge in [0.05, 0.1) is 6.26 Å². The first-order valence-corrected chi connectivity index (χ1v) is 6.78. The number of hydrazine groups is 1. The van der Waals surface area contributed by atoms with Crippen molar-refractivity contribution in [3.05, 3.63) is 60.1 Å². The number of rotatable bonds is 4. The predicted molar refractivity (Wildman–Crippen MR) is 79.5 cm³/mol. The van der Waals surface area contributed by atoms with Crippen LogP contribution in [0.25, 0.3) is 0 Å². The van der Waals surface area contributed by atoms with Gasteiger partial charge >= 0.3 is 6.09 Å². The van der Waals surface area contributed by atoms with Gasteiger partial charge < -0.3 is 9.15 Å². The van der Waals surface area contributed by atoms with E-state index in [1.54, 1.807) is 12.3 Å². The quantitative estimate of drug-likeness (QED) is 0.846. The summed E-state index contributed by atoms with van der Waals surface area (Å²) in [5.74, 6) is 0.706. The van der Waals surface area contributed by atoms with Gasteiger partial charge in [0.1, 0.15) is 17.4 Å². The average molecular weight is 288 g/mol. The smallest absolute Gasteiger partial charge is 0.422 e. The largest absolute Gasteiger partial charge is 0.467 e. The molecule has 0 saturated heterocycles. The Morgan fingerprint density at radius 3 is 2.43 bits per heavy atom. The highest BCUT2D eigenvalue weighted by Crippen LogP contribution is 2.21. The summed E-state index contributed by atoms with van der Waals surface area (Å²) in [6.45, 7) is 5.44. The second-order valence-electron chi connectivity index (χ2n) is 5.63. The lowest BCUT2D eigenvalue weighted by Gasteiger charge is -2.22. The molecule has 0 spiro atoms. The van der Waals surface area contributed by atoms with Gasteiger partial charge in [0.15, 0.2) is 0 Å². The third-order valence-electron chi connectivity index (χ3n) is 2.68. The molecule has 0 bridgehead atoms. The summed E-state index contributed by atoms with van der Waals surface area (Å²) >= 11 is 0. The van der Waals surface area contributed by atoms with Gasteiger partial charge in [-0.25, -0.2) is 10.2 Å². The van der Waals surface area contributed by atoms with Crippen LogP contribution < -0.4 is 10.9 Å². The van der Waals surface area contributed by atoms with Crippen LogP contribution in [0.5, 0.6) is 0 Å². The molecular weight excluding hydrogens is 268 g/mol. The average Bonchev–Trinajstić information content (AvgIpc) is 2.92. The normalized spacial score (nSPS) is 12.7. The number of carbonyl (C=O) groups excluding carboxylic acids is 1. The molecule has 5 nitrogen and oxygen atoms in total. The molecule has 1 unspecified atom stereocenters. The topological polar surface area (TPSA) is 63.5 Å². The Kier molecular flexibility index (Phi) is 4.65. The molecule has 112 valence electrons. The number of carbonyl (C=O) groups is 1. The summed E-state index contributed by atoms with van der Waals surface area (Å²) in [4.78, 5) is 11.7. The SMILES string of the molecule is CC(C)(C)OC(=O)NNC(c1ccccc1)c1ccco1. The third kappa shape index (κ3) is 4.65. The highest BCUT2D eigenvalue weighted by molar-refractivity contribution is 5.67. The maximum atomic E-state index is 11.7. The van der Waals surface area contributed by atoms with Crippen molar-refractivity contribution in [2.45, 2.75) is 32.4 Å². The summed E-state index contributed by atoms with van der Waals surface area (Å²) in [7, 11) is 0. The summed E-state index contributed by atoms with van der Waals surface area (Å²) in [5.41, 5.74) is 5.93. The Bertz CT molecular complexity index is 559. The third-order valence-corrected chi connectivity index (χ3v) is 2.68. The number of nitrogens with one attached hydrogen (secondary N) is 2. The Hall–Kier alpha value is -2.27. The highest BCUT2D eigenvalue weighted by Gasteiger charge is 2.20. The molecule has 0 aliphatic rings. The number of benzene rings is 1. The molecule has 0 saturated carbocycles. The van der Waals surface area contributed by atoms with E-state index in [1.807, 2.05) is 57.2 Å². The Labute approximate surface area is 124 Å². The van der Waals surface area contributed by atoms with Crippen molar-refractivity contribution in [2.24, 2.45) is 0 Å². The Morgan fingerprint density at radius 2 is 1.86 bits per heavy atom. The molecule has 0 fully saturated rings. The molecule has 5 heteroatoms. The zero-order valence-electron chi connectivity index (χ0n) is 12.4. The van der Waals surface area contributed by atoms with E-state index in [0.29, 0.717) is 5.76 Å². The lowest BCUT2D eigenvalue weighted by molar-refractivity contribution is 0.0490. The van der Waals surface area contributed by atoms with E-state index in [2.05, 4.69) is 10.9 Å². The second kappa shape index (κ2) is 6.45. The maximum absolute atomic E-state index is 11.7. The molecule has 0 radical (unpaired) electrons. The van der Waals surface area contributed by atoms with Gasteiger partial charge in [0, 0.05) is 0 Å². The minimum Gasteiger partial charge on any atom is -0.467 e. The number of hydrogen-bond donors (Lipinski definition) is 2. The first-order chi connectivity index (χ1) is 9.96. The van der Waals surface area contributed by atoms with Crippen LogP contribution in [0.15, 0.2) is 53.1 Å². The fourth-order valence-electron chi connectivity index (χ4n) is 1.85. The van der Waals surface area contributed by atoms with E-state index in [4.69, 9.17) is 9.15 Å². The number of hydrogen-bond acceptors (Lipinski definition) is 4. The molecule has 21 heavy (non-hydrogen) atoms.